The molecule has 0 aliphatic rings. The molecule has 92 valence electrons. The molecule has 0 unspecified atom stereocenters. The highest BCUT2D eigenvalue weighted by Gasteiger charge is 2.24. The van der Waals surface area contributed by atoms with E-state index in [4.69, 9.17) is 4.74 Å². The van der Waals surface area contributed by atoms with Gasteiger partial charge in [0.15, 0.2) is 0 Å². The summed E-state index contributed by atoms with van der Waals surface area (Å²) in [6.45, 7) is 0. The summed E-state index contributed by atoms with van der Waals surface area (Å²) in [6.07, 6.45) is 0. The van der Waals surface area contributed by atoms with Crippen molar-refractivity contribution < 1.29 is 19.2 Å². The molecule has 0 atom stereocenters. The van der Waals surface area contributed by atoms with Crippen LogP contribution < -0.4 is 4.74 Å². The van der Waals surface area contributed by atoms with Crippen molar-refractivity contribution in [1.82, 2.24) is 0 Å². The van der Waals surface area contributed by atoms with Crippen molar-refractivity contribution in [2.24, 2.45) is 0 Å². The van der Waals surface area contributed by atoms with Crippen LogP contribution in [0.3, 0.4) is 0 Å². The van der Waals surface area contributed by atoms with Crippen LogP contribution in [0.2, 0.25) is 0 Å². The fourth-order valence-electron chi connectivity index (χ4n) is 1.33. The molecule has 0 aliphatic heterocycles. The molecule has 6 nitrogen and oxygen atoms in total. The Morgan fingerprint density at radius 2 is 2.12 bits per heavy atom. The molecule has 7 heteroatoms. The van der Waals surface area contributed by atoms with E-state index in [-0.39, 0.29) is 11.3 Å². The number of carbonyl (C=O) groups excluding carboxylic acids is 1. The monoisotopic (exact) mass is 303 g/mol. The first-order chi connectivity index (χ1) is 8.04. The van der Waals surface area contributed by atoms with E-state index in [2.05, 4.69) is 20.7 Å². The maximum absolute atomic E-state index is 11.4. The van der Waals surface area contributed by atoms with Gasteiger partial charge in [-0.3, -0.25) is 10.1 Å². The Hall–Kier alpha value is -1.63. The van der Waals surface area contributed by atoms with Crippen LogP contribution in [-0.4, -0.2) is 25.1 Å². The minimum atomic E-state index is -0.767. The predicted octanol–water partition coefficient (Wildman–Crippen LogP) is 2.28. The summed E-state index contributed by atoms with van der Waals surface area (Å²) in [7, 11) is 2.59. The molecule has 0 bridgehead atoms. The van der Waals surface area contributed by atoms with Crippen LogP contribution in [0.1, 0.15) is 15.9 Å². The van der Waals surface area contributed by atoms with Crippen LogP contribution in [0.5, 0.6) is 5.75 Å². The summed E-state index contributed by atoms with van der Waals surface area (Å²) in [4.78, 5) is 21.6. The van der Waals surface area contributed by atoms with E-state index >= 15 is 0 Å². The van der Waals surface area contributed by atoms with Gasteiger partial charge < -0.3 is 9.47 Å². The van der Waals surface area contributed by atoms with Crippen molar-refractivity contribution in [1.29, 1.82) is 0 Å². The number of alkyl halides is 1. The number of hydrogen-bond donors (Lipinski definition) is 0. The largest absolute Gasteiger partial charge is 0.496 e. The number of halogens is 1. The molecule has 0 spiro atoms. The van der Waals surface area contributed by atoms with Gasteiger partial charge in [0.2, 0.25) is 0 Å². The van der Waals surface area contributed by atoms with Crippen molar-refractivity contribution >= 4 is 27.6 Å². The van der Waals surface area contributed by atoms with E-state index in [0.29, 0.717) is 16.6 Å². The van der Waals surface area contributed by atoms with Gasteiger partial charge in [-0.2, -0.15) is 0 Å². The second-order valence-electron chi connectivity index (χ2n) is 3.06. The molecule has 0 heterocycles. The summed E-state index contributed by atoms with van der Waals surface area (Å²) in [5.41, 5.74) is 0.165. The molecule has 0 saturated heterocycles. The minimum absolute atomic E-state index is 0.126. The molecule has 0 amide bonds. The number of nitro benzene ring substituents is 1. The average Bonchev–Trinajstić information content (AvgIpc) is 2.35. The number of benzene rings is 1. The zero-order valence-corrected chi connectivity index (χ0v) is 10.8. The van der Waals surface area contributed by atoms with E-state index in [0.717, 1.165) is 7.11 Å². The molecule has 0 N–H and O–H groups in total. The lowest BCUT2D eigenvalue weighted by Crippen LogP contribution is -2.07. The van der Waals surface area contributed by atoms with Crippen molar-refractivity contribution in [3.05, 3.63) is 33.4 Å². The molecule has 0 fully saturated rings. The summed E-state index contributed by atoms with van der Waals surface area (Å²) >= 11 is 3.19. The number of hydrogen-bond acceptors (Lipinski definition) is 5. The fourth-order valence-corrected chi connectivity index (χ4v) is 1.77. The smallest absolute Gasteiger partial charge is 0.345 e. The van der Waals surface area contributed by atoms with Gasteiger partial charge in [0, 0.05) is 23.0 Å². The van der Waals surface area contributed by atoms with E-state index in [1.165, 1.54) is 19.2 Å². The zero-order chi connectivity index (χ0) is 13.0. The molecular weight excluding hydrogens is 294 g/mol. The highest BCUT2D eigenvalue weighted by atomic mass is 79.9. The maximum atomic E-state index is 11.4. The first-order valence-corrected chi connectivity index (χ1v) is 5.66. The van der Waals surface area contributed by atoms with Gasteiger partial charge in [0.1, 0.15) is 11.3 Å². The molecule has 1 aromatic rings. The summed E-state index contributed by atoms with van der Waals surface area (Å²) in [6, 6.07) is 2.60. The Labute approximate surface area is 106 Å². The third-order valence-corrected chi connectivity index (χ3v) is 2.75. The number of ether oxygens (including phenoxy) is 2. The van der Waals surface area contributed by atoms with Gasteiger partial charge in [-0.1, -0.05) is 15.9 Å². The van der Waals surface area contributed by atoms with Gasteiger partial charge >= 0.3 is 5.97 Å². The van der Waals surface area contributed by atoms with Crippen LogP contribution in [-0.2, 0) is 10.1 Å². The average molecular weight is 304 g/mol. The molecular formula is C10H10BrNO5. The lowest BCUT2D eigenvalue weighted by molar-refractivity contribution is -0.385. The highest BCUT2D eigenvalue weighted by molar-refractivity contribution is 9.08. The molecule has 1 rings (SSSR count). The number of carbonyl (C=O) groups is 1. The second kappa shape index (κ2) is 5.62. The maximum Gasteiger partial charge on any atom is 0.345 e. The van der Waals surface area contributed by atoms with Gasteiger partial charge in [0.25, 0.3) is 5.69 Å². The van der Waals surface area contributed by atoms with Gasteiger partial charge in [-0.25, -0.2) is 4.79 Å². The first-order valence-electron chi connectivity index (χ1n) is 4.54. The Morgan fingerprint density at radius 1 is 1.47 bits per heavy atom. The Balaban J connectivity index is 3.45. The minimum Gasteiger partial charge on any atom is -0.496 e. The lowest BCUT2D eigenvalue weighted by Gasteiger charge is -2.08. The van der Waals surface area contributed by atoms with E-state index in [1.54, 1.807) is 0 Å². The van der Waals surface area contributed by atoms with Crippen molar-refractivity contribution in [2.45, 2.75) is 5.33 Å². The first kappa shape index (κ1) is 13.4. The molecule has 0 saturated carbocycles. The molecule has 0 aromatic heterocycles. The summed E-state index contributed by atoms with van der Waals surface area (Å²) < 4.78 is 9.54. The number of esters is 1. The van der Waals surface area contributed by atoms with E-state index in [1.807, 2.05) is 0 Å². The van der Waals surface area contributed by atoms with Crippen molar-refractivity contribution in [3.8, 4) is 5.75 Å². The summed E-state index contributed by atoms with van der Waals surface area (Å²) in [5.74, 6) is -0.371. The molecule has 1 aromatic carbocycles. The van der Waals surface area contributed by atoms with Crippen molar-refractivity contribution in [3.63, 3.8) is 0 Å². The Kier molecular flexibility index (Phi) is 4.45. The van der Waals surface area contributed by atoms with Gasteiger partial charge in [-0.05, 0) is 0 Å². The van der Waals surface area contributed by atoms with Crippen LogP contribution in [0.4, 0.5) is 5.69 Å². The van der Waals surface area contributed by atoms with Crippen LogP contribution in [0.15, 0.2) is 12.1 Å². The van der Waals surface area contributed by atoms with Crippen LogP contribution >= 0.6 is 15.9 Å². The second-order valence-corrected chi connectivity index (χ2v) is 3.62. The fraction of sp³-hybridized carbons (Fsp3) is 0.300. The quantitative estimate of drug-likeness (QED) is 0.369. The lowest BCUT2D eigenvalue weighted by atomic mass is 10.1. The normalized spacial score (nSPS) is 9.82. The standard InChI is InChI=1S/C10H10BrNO5/c1-16-9-4-7(10(13)17-2)8(12(14)15)3-6(9)5-11/h3-4H,5H2,1-2H3. The topological polar surface area (TPSA) is 78.7 Å². The van der Waals surface area contributed by atoms with Crippen molar-refractivity contribution in [2.75, 3.05) is 14.2 Å². The number of methoxy groups -OCH3 is 2. The Bertz CT molecular complexity index is 460. The number of rotatable bonds is 4. The SMILES string of the molecule is COC(=O)c1cc(OC)c(CBr)cc1[N+](=O)[O-]. The molecule has 17 heavy (non-hydrogen) atoms. The van der Waals surface area contributed by atoms with E-state index in [9.17, 15) is 14.9 Å². The zero-order valence-electron chi connectivity index (χ0n) is 9.23. The summed E-state index contributed by atoms with van der Waals surface area (Å²) in [5, 5.41) is 11.2. The van der Waals surface area contributed by atoms with E-state index < -0.39 is 10.9 Å². The predicted molar refractivity (Wildman–Crippen MR) is 63.6 cm³/mol. The molecule has 0 radical (unpaired) electrons. The third-order valence-electron chi connectivity index (χ3n) is 2.14. The van der Waals surface area contributed by atoms with Crippen LogP contribution in [0.25, 0.3) is 0 Å². The molecule has 0 aliphatic carbocycles. The van der Waals surface area contributed by atoms with Gasteiger partial charge in [0.05, 0.1) is 19.1 Å². The number of nitrogens with zero attached hydrogens (tertiary/aromatic N) is 1. The van der Waals surface area contributed by atoms with Crippen LogP contribution in [0, 0.1) is 10.1 Å². The third kappa shape index (κ3) is 2.73. The highest BCUT2D eigenvalue weighted by Crippen LogP contribution is 2.30. The van der Waals surface area contributed by atoms with Gasteiger partial charge in [-0.15, -0.1) is 0 Å². The Morgan fingerprint density at radius 3 is 2.53 bits per heavy atom. The number of nitro groups is 1.